The Kier molecular flexibility index (Phi) is 3.51. The lowest BCUT2D eigenvalue weighted by atomic mass is 10.1. The molecule has 134 valence electrons. The Balaban J connectivity index is 1.66. The van der Waals surface area contributed by atoms with E-state index in [9.17, 15) is 0 Å². The van der Waals surface area contributed by atoms with E-state index in [1.54, 1.807) is 0 Å². The molecular formula is C20H22N4O2. The first-order valence-corrected chi connectivity index (χ1v) is 9.22. The third-order valence-corrected chi connectivity index (χ3v) is 5.30. The first-order chi connectivity index (χ1) is 12.7. The summed E-state index contributed by atoms with van der Waals surface area (Å²) in [5.74, 6) is 3.44. The van der Waals surface area contributed by atoms with E-state index in [0.717, 1.165) is 64.1 Å². The molecule has 2 aliphatic rings. The van der Waals surface area contributed by atoms with Gasteiger partial charge in [0.05, 0.1) is 11.2 Å². The minimum absolute atomic E-state index is 0.286. The summed E-state index contributed by atoms with van der Waals surface area (Å²) in [6, 6.07) is 6.05. The van der Waals surface area contributed by atoms with E-state index in [-0.39, 0.29) is 6.79 Å². The van der Waals surface area contributed by atoms with Crippen LogP contribution in [0.2, 0.25) is 0 Å². The summed E-state index contributed by atoms with van der Waals surface area (Å²) in [5, 5.41) is 0. The first kappa shape index (κ1) is 15.5. The predicted molar refractivity (Wildman–Crippen MR) is 101 cm³/mol. The number of H-pyrrole nitrogens is 1. The SMILES string of the molecule is Cc1nc(N2CCCCC2)c2[nH]c(-c3ccc4c(c3)OCO4)c(C)c2n1. The molecule has 0 radical (unpaired) electrons. The number of hydrogen-bond donors (Lipinski definition) is 1. The zero-order chi connectivity index (χ0) is 17.7. The summed E-state index contributed by atoms with van der Waals surface area (Å²) in [5.41, 5.74) is 5.32. The number of anilines is 1. The summed E-state index contributed by atoms with van der Waals surface area (Å²) in [6.45, 7) is 6.49. The standard InChI is InChI=1S/C20H22N4O2/c1-12-17(14-6-7-15-16(10-14)26-11-25-15)23-19-18(12)21-13(2)22-20(19)24-8-4-3-5-9-24/h6-7,10,23H,3-5,8-9,11H2,1-2H3. The molecule has 0 amide bonds. The smallest absolute Gasteiger partial charge is 0.231 e. The van der Waals surface area contributed by atoms with Crippen LogP contribution in [-0.2, 0) is 0 Å². The molecule has 1 N–H and O–H groups in total. The quantitative estimate of drug-likeness (QED) is 0.758. The Morgan fingerprint density at radius 1 is 1.00 bits per heavy atom. The van der Waals surface area contributed by atoms with Crippen molar-refractivity contribution in [3.8, 4) is 22.8 Å². The monoisotopic (exact) mass is 350 g/mol. The molecular weight excluding hydrogens is 328 g/mol. The highest BCUT2D eigenvalue weighted by molar-refractivity contribution is 5.94. The van der Waals surface area contributed by atoms with Crippen LogP contribution in [0.25, 0.3) is 22.3 Å². The van der Waals surface area contributed by atoms with Crippen LogP contribution in [0.3, 0.4) is 0 Å². The van der Waals surface area contributed by atoms with Crippen LogP contribution >= 0.6 is 0 Å². The van der Waals surface area contributed by atoms with Gasteiger partial charge in [0.25, 0.3) is 0 Å². The zero-order valence-electron chi connectivity index (χ0n) is 15.1. The normalized spacial score (nSPS) is 16.5. The lowest BCUT2D eigenvalue weighted by Crippen LogP contribution is -2.30. The highest BCUT2D eigenvalue weighted by Gasteiger charge is 2.22. The summed E-state index contributed by atoms with van der Waals surface area (Å²) in [6.07, 6.45) is 3.74. The number of piperidine rings is 1. The first-order valence-electron chi connectivity index (χ1n) is 9.22. The average Bonchev–Trinajstić information content (AvgIpc) is 3.26. The molecule has 2 aliphatic heterocycles. The molecule has 6 nitrogen and oxygen atoms in total. The largest absolute Gasteiger partial charge is 0.454 e. The van der Waals surface area contributed by atoms with Gasteiger partial charge in [-0.2, -0.15) is 0 Å². The third kappa shape index (κ3) is 2.40. The van der Waals surface area contributed by atoms with Crippen molar-refractivity contribution in [3.05, 3.63) is 29.6 Å². The van der Waals surface area contributed by atoms with E-state index < -0.39 is 0 Å². The topological polar surface area (TPSA) is 63.3 Å². The summed E-state index contributed by atoms with van der Waals surface area (Å²) < 4.78 is 11.0. The number of aromatic nitrogens is 3. The van der Waals surface area contributed by atoms with Crippen molar-refractivity contribution in [2.45, 2.75) is 33.1 Å². The van der Waals surface area contributed by atoms with Crippen molar-refractivity contribution in [1.82, 2.24) is 15.0 Å². The maximum atomic E-state index is 5.54. The lowest BCUT2D eigenvalue weighted by molar-refractivity contribution is 0.174. The molecule has 6 heteroatoms. The maximum Gasteiger partial charge on any atom is 0.231 e. The Bertz CT molecular complexity index is 989. The van der Waals surface area contributed by atoms with Crippen molar-refractivity contribution >= 4 is 16.9 Å². The molecule has 0 saturated carbocycles. The van der Waals surface area contributed by atoms with Gasteiger partial charge in [-0.1, -0.05) is 0 Å². The van der Waals surface area contributed by atoms with Gasteiger partial charge in [0.15, 0.2) is 17.3 Å². The summed E-state index contributed by atoms with van der Waals surface area (Å²) in [4.78, 5) is 15.5. The van der Waals surface area contributed by atoms with Gasteiger partial charge >= 0.3 is 0 Å². The molecule has 0 aliphatic carbocycles. The lowest BCUT2D eigenvalue weighted by Gasteiger charge is -2.28. The summed E-state index contributed by atoms with van der Waals surface area (Å²) >= 11 is 0. The summed E-state index contributed by atoms with van der Waals surface area (Å²) in [7, 11) is 0. The van der Waals surface area contributed by atoms with E-state index in [1.165, 1.54) is 19.3 Å². The van der Waals surface area contributed by atoms with Crippen LogP contribution in [0.1, 0.15) is 30.7 Å². The number of fused-ring (bicyclic) bond motifs is 2. The molecule has 4 heterocycles. The number of nitrogens with one attached hydrogen (secondary N) is 1. The van der Waals surface area contributed by atoms with Crippen molar-refractivity contribution in [2.75, 3.05) is 24.8 Å². The van der Waals surface area contributed by atoms with Crippen LogP contribution < -0.4 is 14.4 Å². The number of rotatable bonds is 2. The second-order valence-corrected chi connectivity index (χ2v) is 7.06. The molecule has 26 heavy (non-hydrogen) atoms. The van der Waals surface area contributed by atoms with Gasteiger partial charge in [0.2, 0.25) is 6.79 Å². The predicted octanol–water partition coefficient (Wildman–Crippen LogP) is 3.96. The molecule has 0 bridgehead atoms. The van der Waals surface area contributed by atoms with Crippen molar-refractivity contribution in [1.29, 1.82) is 0 Å². The molecule has 0 atom stereocenters. The van der Waals surface area contributed by atoms with Gasteiger partial charge in [-0.3, -0.25) is 0 Å². The number of hydrogen-bond acceptors (Lipinski definition) is 5. The Morgan fingerprint density at radius 2 is 1.81 bits per heavy atom. The van der Waals surface area contributed by atoms with Crippen molar-refractivity contribution < 1.29 is 9.47 Å². The van der Waals surface area contributed by atoms with Gasteiger partial charge in [-0.05, 0) is 51.3 Å². The Hall–Kier alpha value is -2.76. The maximum absolute atomic E-state index is 5.54. The van der Waals surface area contributed by atoms with E-state index >= 15 is 0 Å². The molecule has 0 unspecified atom stereocenters. The number of benzene rings is 1. The number of nitrogens with zero attached hydrogens (tertiary/aromatic N) is 3. The average molecular weight is 350 g/mol. The highest BCUT2D eigenvalue weighted by atomic mass is 16.7. The number of ether oxygens (including phenoxy) is 2. The van der Waals surface area contributed by atoms with Crippen molar-refractivity contribution in [2.24, 2.45) is 0 Å². The van der Waals surface area contributed by atoms with Gasteiger partial charge in [0, 0.05) is 24.2 Å². The van der Waals surface area contributed by atoms with E-state index in [2.05, 4.69) is 22.9 Å². The Morgan fingerprint density at radius 3 is 2.65 bits per heavy atom. The molecule has 1 fully saturated rings. The molecule has 1 aromatic carbocycles. The van der Waals surface area contributed by atoms with E-state index in [0.29, 0.717) is 0 Å². The third-order valence-electron chi connectivity index (χ3n) is 5.30. The number of aromatic amines is 1. The van der Waals surface area contributed by atoms with Crippen LogP contribution in [0.4, 0.5) is 5.82 Å². The molecule has 1 saturated heterocycles. The second-order valence-electron chi connectivity index (χ2n) is 7.06. The van der Waals surface area contributed by atoms with Gasteiger partial charge in [0.1, 0.15) is 11.3 Å². The van der Waals surface area contributed by atoms with Crippen LogP contribution in [0, 0.1) is 13.8 Å². The van der Waals surface area contributed by atoms with Gasteiger partial charge in [-0.15, -0.1) is 0 Å². The van der Waals surface area contributed by atoms with Crippen LogP contribution in [0.5, 0.6) is 11.5 Å². The minimum atomic E-state index is 0.286. The molecule has 3 aromatic rings. The molecule has 2 aromatic heterocycles. The Labute approximate surface area is 152 Å². The fourth-order valence-corrected chi connectivity index (χ4v) is 3.96. The minimum Gasteiger partial charge on any atom is -0.454 e. The molecule has 5 rings (SSSR count). The second kappa shape index (κ2) is 5.90. The fourth-order valence-electron chi connectivity index (χ4n) is 3.96. The van der Waals surface area contributed by atoms with Crippen LogP contribution in [0.15, 0.2) is 18.2 Å². The van der Waals surface area contributed by atoms with Crippen LogP contribution in [-0.4, -0.2) is 34.8 Å². The van der Waals surface area contributed by atoms with E-state index in [1.807, 2.05) is 19.1 Å². The number of aryl methyl sites for hydroxylation is 2. The van der Waals surface area contributed by atoms with Gasteiger partial charge < -0.3 is 19.4 Å². The van der Waals surface area contributed by atoms with Crippen molar-refractivity contribution in [3.63, 3.8) is 0 Å². The highest BCUT2D eigenvalue weighted by Crippen LogP contribution is 2.39. The van der Waals surface area contributed by atoms with Gasteiger partial charge in [-0.25, -0.2) is 9.97 Å². The van der Waals surface area contributed by atoms with E-state index in [4.69, 9.17) is 19.4 Å². The fraction of sp³-hybridized carbons (Fsp3) is 0.400. The molecule has 0 spiro atoms. The zero-order valence-corrected chi connectivity index (χ0v) is 15.1.